The average Bonchev–Trinajstić information content (AvgIpc) is 3.37. The lowest BCUT2D eigenvalue weighted by Crippen LogP contribution is -2.30. The number of carbonyl (C=O) groups excluding carboxylic acids is 3. The Morgan fingerprint density at radius 3 is 0.704 bits per heavy atom. The van der Waals surface area contributed by atoms with Crippen molar-refractivity contribution in [3.05, 3.63) is 12.2 Å². The maximum atomic E-state index is 12.9. The van der Waals surface area contributed by atoms with Gasteiger partial charge in [0.1, 0.15) is 13.2 Å². The molecule has 71 heavy (non-hydrogen) atoms. The van der Waals surface area contributed by atoms with Crippen molar-refractivity contribution in [2.75, 3.05) is 13.2 Å². The molecule has 6 nitrogen and oxygen atoms in total. The lowest BCUT2D eigenvalue weighted by atomic mass is 10.0. The fourth-order valence-corrected chi connectivity index (χ4v) is 9.91. The Balaban J connectivity index is 4.07. The van der Waals surface area contributed by atoms with Crippen LogP contribution in [0, 0.1) is 0 Å². The fourth-order valence-electron chi connectivity index (χ4n) is 9.91. The zero-order valence-corrected chi connectivity index (χ0v) is 48.3. The third-order valence-electron chi connectivity index (χ3n) is 14.8. The zero-order valence-electron chi connectivity index (χ0n) is 48.3. The van der Waals surface area contributed by atoms with Gasteiger partial charge in [-0.1, -0.05) is 315 Å². The Morgan fingerprint density at radius 2 is 0.465 bits per heavy atom. The van der Waals surface area contributed by atoms with Gasteiger partial charge >= 0.3 is 17.9 Å². The number of carbonyl (C=O) groups is 3. The monoisotopic (exact) mass is 1000 g/mol. The Bertz CT molecular complexity index is 1100. The van der Waals surface area contributed by atoms with Crippen LogP contribution in [-0.4, -0.2) is 37.2 Å². The molecule has 0 spiro atoms. The van der Waals surface area contributed by atoms with E-state index in [-0.39, 0.29) is 31.1 Å². The van der Waals surface area contributed by atoms with Crippen molar-refractivity contribution >= 4 is 17.9 Å². The van der Waals surface area contributed by atoms with Crippen molar-refractivity contribution in [2.24, 2.45) is 0 Å². The molecule has 0 N–H and O–H groups in total. The zero-order chi connectivity index (χ0) is 51.4. The number of rotatable bonds is 60. The van der Waals surface area contributed by atoms with E-state index in [1.54, 1.807) is 0 Å². The number of esters is 3. The maximum Gasteiger partial charge on any atom is 0.306 e. The van der Waals surface area contributed by atoms with Crippen LogP contribution in [0.4, 0.5) is 0 Å². The molecular formula is C65H124O6. The van der Waals surface area contributed by atoms with Gasteiger partial charge in [0.05, 0.1) is 0 Å². The number of unbranched alkanes of at least 4 members (excludes halogenated alkanes) is 47. The third kappa shape index (κ3) is 58.9. The molecule has 1 atom stereocenters. The van der Waals surface area contributed by atoms with Crippen LogP contribution in [-0.2, 0) is 28.6 Å². The molecule has 0 aliphatic carbocycles. The molecule has 0 aromatic heterocycles. The second-order valence-electron chi connectivity index (χ2n) is 22.0. The highest BCUT2D eigenvalue weighted by Gasteiger charge is 2.19. The van der Waals surface area contributed by atoms with Crippen LogP contribution in [0.3, 0.4) is 0 Å². The Kier molecular flexibility index (Phi) is 59.1. The second kappa shape index (κ2) is 60.7. The van der Waals surface area contributed by atoms with E-state index in [1.807, 2.05) is 0 Å². The Morgan fingerprint density at radius 1 is 0.268 bits per heavy atom. The summed E-state index contributed by atoms with van der Waals surface area (Å²) in [6, 6.07) is 0. The number of ether oxygens (including phenoxy) is 3. The van der Waals surface area contributed by atoms with Crippen molar-refractivity contribution in [1.29, 1.82) is 0 Å². The molecule has 0 aliphatic rings. The fraction of sp³-hybridized carbons (Fsp3) is 0.923. The van der Waals surface area contributed by atoms with E-state index >= 15 is 0 Å². The van der Waals surface area contributed by atoms with E-state index in [0.717, 1.165) is 57.8 Å². The Labute approximate surface area is 443 Å². The van der Waals surface area contributed by atoms with Gasteiger partial charge in [-0.25, -0.2) is 0 Å². The summed E-state index contributed by atoms with van der Waals surface area (Å²) in [5.41, 5.74) is 0. The molecule has 420 valence electrons. The van der Waals surface area contributed by atoms with Crippen molar-refractivity contribution in [3.8, 4) is 0 Å². The topological polar surface area (TPSA) is 78.9 Å². The number of allylic oxidation sites excluding steroid dienone is 2. The number of hydrogen-bond donors (Lipinski definition) is 0. The quantitative estimate of drug-likeness (QED) is 0.0261. The van der Waals surface area contributed by atoms with Crippen LogP contribution in [0.2, 0.25) is 0 Å². The van der Waals surface area contributed by atoms with Gasteiger partial charge in [-0.15, -0.1) is 0 Å². The smallest absolute Gasteiger partial charge is 0.306 e. The molecule has 0 rings (SSSR count). The molecule has 0 fully saturated rings. The minimum Gasteiger partial charge on any atom is -0.462 e. The highest BCUT2D eigenvalue weighted by molar-refractivity contribution is 5.71. The van der Waals surface area contributed by atoms with Gasteiger partial charge in [-0.2, -0.15) is 0 Å². The van der Waals surface area contributed by atoms with Gasteiger partial charge in [0.2, 0.25) is 0 Å². The average molecular weight is 1000 g/mol. The summed E-state index contributed by atoms with van der Waals surface area (Å²) >= 11 is 0. The summed E-state index contributed by atoms with van der Waals surface area (Å²) in [4.78, 5) is 38.1. The first-order valence-corrected chi connectivity index (χ1v) is 32.2. The number of hydrogen-bond acceptors (Lipinski definition) is 6. The van der Waals surface area contributed by atoms with Crippen LogP contribution in [0.1, 0.15) is 367 Å². The summed E-state index contributed by atoms with van der Waals surface area (Å²) in [6.45, 7) is 6.67. The second-order valence-corrected chi connectivity index (χ2v) is 22.0. The van der Waals surface area contributed by atoms with Crippen LogP contribution in [0.5, 0.6) is 0 Å². The van der Waals surface area contributed by atoms with E-state index < -0.39 is 6.10 Å². The molecule has 0 amide bonds. The molecule has 0 saturated heterocycles. The summed E-state index contributed by atoms with van der Waals surface area (Å²) in [7, 11) is 0. The van der Waals surface area contributed by atoms with Crippen LogP contribution in [0.25, 0.3) is 0 Å². The molecule has 1 unspecified atom stereocenters. The van der Waals surface area contributed by atoms with Gasteiger partial charge in [-0.05, 0) is 44.9 Å². The first kappa shape index (κ1) is 69.2. The van der Waals surface area contributed by atoms with Crippen LogP contribution >= 0.6 is 0 Å². The van der Waals surface area contributed by atoms with Gasteiger partial charge in [0.25, 0.3) is 0 Å². The summed E-state index contributed by atoms with van der Waals surface area (Å²) in [6.07, 6.45) is 71.1. The summed E-state index contributed by atoms with van der Waals surface area (Å²) in [5.74, 6) is -0.845. The van der Waals surface area contributed by atoms with Gasteiger partial charge in [-0.3, -0.25) is 14.4 Å². The van der Waals surface area contributed by atoms with Crippen molar-refractivity contribution in [1.82, 2.24) is 0 Å². The standard InChI is InChI=1S/C65H124O6/c1-4-7-10-13-16-18-20-22-24-26-28-30-32-34-36-38-40-42-44-46-49-52-55-58-64(67)70-61-62(60-69-63(66)57-54-51-48-15-12-9-6-3)71-65(68)59-56-53-50-47-45-43-41-39-37-35-33-31-29-27-25-23-21-19-17-14-11-8-5-2/h26,28,62H,4-25,27,29-61H2,1-3H3/b28-26-. The molecule has 0 aliphatic heterocycles. The van der Waals surface area contributed by atoms with Gasteiger partial charge in [0.15, 0.2) is 6.10 Å². The van der Waals surface area contributed by atoms with Crippen molar-refractivity contribution < 1.29 is 28.6 Å². The van der Waals surface area contributed by atoms with Crippen LogP contribution < -0.4 is 0 Å². The van der Waals surface area contributed by atoms with E-state index in [1.165, 1.54) is 270 Å². The molecule has 0 heterocycles. The largest absolute Gasteiger partial charge is 0.462 e. The molecular weight excluding hydrogens is 877 g/mol. The highest BCUT2D eigenvalue weighted by Crippen LogP contribution is 2.18. The molecule has 0 aromatic rings. The van der Waals surface area contributed by atoms with Gasteiger partial charge in [0, 0.05) is 19.3 Å². The Hall–Kier alpha value is -1.85. The van der Waals surface area contributed by atoms with E-state index in [0.29, 0.717) is 19.3 Å². The highest BCUT2D eigenvalue weighted by atomic mass is 16.6. The van der Waals surface area contributed by atoms with E-state index in [2.05, 4.69) is 32.9 Å². The van der Waals surface area contributed by atoms with Gasteiger partial charge < -0.3 is 14.2 Å². The lowest BCUT2D eigenvalue weighted by Gasteiger charge is -2.18. The summed E-state index contributed by atoms with van der Waals surface area (Å²) in [5, 5.41) is 0. The normalized spacial score (nSPS) is 12.0. The first-order chi connectivity index (χ1) is 35.0. The molecule has 0 saturated carbocycles. The molecule has 0 bridgehead atoms. The minimum atomic E-state index is -0.764. The van der Waals surface area contributed by atoms with Crippen LogP contribution in [0.15, 0.2) is 12.2 Å². The predicted molar refractivity (Wildman–Crippen MR) is 307 cm³/mol. The third-order valence-corrected chi connectivity index (χ3v) is 14.8. The minimum absolute atomic E-state index is 0.0647. The van der Waals surface area contributed by atoms with E-state index in [4.69, 9.17) is 14.2 Å². The van der Waals surface area contributed by atoms with E-state index in [9.17, 15) is 14.4 Å². The SMILES string of the molecule is CCCCCCCCCC/C=C\CCCCCCCCCCCCCC(=O)OCC(COC(=O)CCCCCCCCC)OC(=O)CCCCCCCCCCCCCCCCCCCCCCCCC. The molecule has 0 aromatic carbocycles. The first-order valence-electron chi connectivity index (χ1n) is 32.2. The predicted octanol–water partition coefficient (Wildman–Crippen LogP) is 21.7. The molecule has 6 heteroatoms. The van der Waals surface area contributed by atoms with Crippen molar-refractivity contribution in [3.63, 3.8) is 0 Å². The maximum absolute atomic E-state index is 12.9. The van der Waals surface area contributed by atoms with Crippen molar-refractivity contribution in [2.45, 2.75) is 374 Å². The molecule has 0 radical (unpaired) electrons. The summed E-state index contributed by atoms with van der Waals surface area (Å²) < 4.78 is 16.9. The lowest BCUT2D eigenvalue weighted by molar-refractivity contribution is -0.167.